The Labute approximate surface area is 171 Å². The number of para-hydroxylation sites is 1. The minimum absolute atomic E-state index is 0.339. The van der Waals surface area contributed by atoms with Crippen molar-refractivity contribution in [1.29, 1.82) is 0 Å². The average Bonchev–Trinajstić information content (AvgIpc) is 3.05. The second-order valence-electron chi connectivity index (χ2n) is 8.82. The minimum Gasteiger partial charge on any atom is -0.444 e. The Morgan fingerprint density at radius 1 is 1.24 bits per heavy atom. The Hall–Kier alpha value is -2.83. The first-order valence-corrected chi connectivity index (χ1v) is 10.3. The molecular weight excluding hydrogens is 366 g/mol. The van der Waals surface area contributed by atoms with Crippen molar-refractivity contribution >= 4 is 28.5 Å². The minimum atomic E-state index is -0.467. The first kappa shape index (κ1) is 19.5. The molecule has 3 aromatic rings. The molecule has 2 aromatic heterocycles. The fourth-order valence-corrected chi connectivity index (χ4v) is 3.89. The number of aromatic nitrogens is 3. The van der Waals surface area contributed by atoms with E-state index in [0.717, 1.165) is 54.0 Å². The molecule has 0 radical (unpaired) electrons. The summed E-state index contributed by atoms with van der Waals surface area (Å²) in [5, 5.41) is 8.62. The summed E-state index contributed by atoms with van der Waals surface area (Å²) in [5.74, 6) is 1.47. The van der Waals surface area contributed by atoms with Crippen LogP contribution in [0.2, 0.25) is 0 Å². The number of rotatable bonds is 3. The van der Waals surface area contributed by atoms with Gasteiger partial charge in [-0.05, 0) is 58.6 Å². The number of hydrogen-bond acceptors (Lipinski definition) is 5. The SMILES string of the molecule is Cc1cc2nc(N3CCC(CNC(=O)OC(C)(C)C)CC3)c3ccccc3n2n1. The molecule has 1 aromatic carbocycles. The number of benzene rings is 1. The summed E-state index contributed by atoms with van der Waals surface area (Å²) in [4.78, 5) is 19.2. The van der Waals surface area contributed by atoms with E-state index in [1.54, 1.807) is 0 Å². The number of piperidine rings is 1. The van der Waals surface area contributed by atoms with Gasteiger partial charge in [0.25, 0.3) is 0 Å². The number of amides is 1. The van der Waals surface area contributed by atoms with Crippen LogP contribution in [0.15, 0.2) is 30.3 Å². The van der Waals surface area contributed by atoms with Gasteiger partial charge in [-0.15, -0.1) is 0 Å². The molecule has 7 nitrogen and oxygen atoms in total. The van der Waals surface area contributed by atoms with Gasteiger partial charge in [0, 0.05) is 31.1 Å². The summed E-state index contributed by atoms with van der Waals surface area (Å²) in [6.45, 7) is 10.1. The van der Waals surface area contributed by atoms with Gasteiger partial charge in [-0.1, -0.05) is 12.1 Å². The summed E-state index contributed by atoms with van der Waals surface area (Å²) in [6.07, 6.45) is 1.68. The molecule has 0 aliphatic carbocycles. The average molecular weight is 396 g/mol. The van der Waals surface area contributed by atoms with Crippen LogP contribution in [0, 0.1) is 12.8 Å². The Kier molecular flexibility index (Phi) is 5.06. The van der Waals surface area contributed by atoms with Crippen molar-refractivity contribution in [2.24, 2.45) is 5.92 Å². The van der Waals surface area contributed by atoms with Crippen LogP contribution in [0.3, 0.4) is 0 Å². The topological polar surface area (TPSA) is 71.8 Å². The zero-order valence-electron chi connectivity index (χ0n) is 17.6. The van der Waals surface area contributed by atoms with E-state index >= 15 is 0 Å². The highest BCUT2D eigenvalue weighted by Crippen LogP contribution is 2.29. The number of carbonyl (C=O) groups is 1. The van der Waals surface area contributed by atoms with E-state index in [9.17, 15) is 4.79 Å². The number of fused-ring (bicyclic) bond motifs is 3. The third-order valence-corrected chi connectivity index (χ3v) is 5.25. The first-order valence-electron chi connectivity index (χ1n) is 10.3. The summed E-state index contributed by atoms with van der Waals surface area (Å²) < 4.78 is 7.25. The van der Waals surface area contributed by atoms with Gasteiger partial charge in [-0.25, -0.2) is 14.3 Å². The zero-order chi connectivity index (χ0) is 20.6. The number of ether oxygens (including phenoxy) is 1. The third kappa shape index (κ3) is 4.28. The van der Waals surface area contributed by atoms with E-state index in [1.807, 2.05) is 50.4 Å². The smallest absolute Gasteiger partial charge is 0.407 e. The maximum atomic E-state index is 11.9. The van der Waals surface area contributed by atoms with Crippen molar-refractivity contribution in [3.8, 4) is 0 Å². The van der Waals surface area contributed by atoms with E-state index in [2.05, 4.69) is 27.4 Å². The predicted octanol–water partition coefficient (Wildman–Crippen LogP) is 3.93. The number of nitrogens with zero attached hydrogens (tertiary/aromatic N) is 4. The second-order valence-corrected chi connectivity index (χ2v) is 8.82. The van der Waals surface area contributed by atoms with Crippen LogP contribution in [0.1, 0.15) is 39.3 Å². The standard InChI is InChI=1S/C22H29N5O2/c1-15-13-19-24-20(17-7-5-6-8-18(17)27(19)25-15)26-11-9-16(10-12-26)14-23-21(28)29-22(2,3)4/h5-8,13,16H,9-12,14H2,1-4H3,(H,23,28). The van der Waals surface area contributed by atoms with Crippen molar-refractivity contribution in [2.75, 3.05) is 24.5 Å². The lowest BCUT2D eigenvalue weighted by molar-refractivity contribution is 0.0517. The molecule has 3 heterocycles. The van der Waals surface area contributed by atoms with Gasteiger partial charge < -0.3 is 15.0 Å². The molecule has 1 fully saturated rings. The fraction of sp³-hybridized carbons (Fsp3) is 0.500. The maximum absolute atomic E-state index is 11.9. The fourth-order valence-electron chi connectivity index (χ4n) is 3.89. The summed E-state index contributed by atoms with van der Waals surface area (Å²) in [7, 11) is 0. The molecule has 1 aliphatic rings. The van der Waals surface area contributed by atoms with Gasteiger partial charge in [0.05, 0.1) is 11.2 Å². The van der Waals surface area contributed by atoms with Crippen LogP contribution in [0.5, 0.6) is 0 Å². The van der Waals surface area contributed by atoms with Crippen molar-refractivity contribution in [1.82, 2.24) is 19.9 Å². The van der Waals surface area contributed by atoms with Crippen molar-refractivity contribution in [3.63, 3.8) is 0 Å². The monoisotopic (exact) mass is 395 g/mol. The third-order valence-electron chi connectivity index (χ3n) is 5.25. The molecule has 7 heteroatoms. The molecule has 0 unspecified atom stereocenters. The first-order chi connectivity index (χ1) is 13.8. The number of hydrogen-bond donors (Lipinski definition) is 1. The van der Waals surface area contributed by atoms with Gasteiger partial charge in [-0.3, -0.25) is 0 Å². The van der Waals surface area contributed by atoms with E-state index in [-0.39, 0.29) is 6.09 Å². The molecule has 0 atom stereocenters. The number of nitrogens with one attached hydrogen (secondary N) is 1. The van der Waals surface area contributed by atoms with E-state index in [0.29, 0.717) is 12.5 Å². The highest BCUT2D eigenvalue weighted by molar-refractivity contribution is 5.91. The van der Waals surface area contributed by atoms with Gasteiger partial charge in [-0.2, -0.15) is 5.10 Å². The molecule has 4 rings (SSSR count). The Balaban J connectivity index is 1.46. The largest absolute Gasteiger partial charge is 0.444 e. The summed E-state index contributed by atoms with van der Waals surface area (Å²) >= 11 is 0. The van der Waals surface area contributed by atoms with Crippen molar-refractivity contribution in [2.45, 2.75) is 46.1 Å². The molecule has 0 spiro atoms. The van der Waals surface area contributed by atoms with Crippen LogP contribution in [0.25, 0.3) is 16.6 Å². The number of anilines is 1. The van der Waals surface area contributed by atoms with Gasteiger partial charge in [0.2, 0.25) is 0 Å². The normalized spacial score (nSPS) is 15.8. The van der Waals surface area contributed by atoms with Gasteiger partial charge in [0.1, 0.15) is 11.4 Å². The lowest BCUT2D eigenvalue weighted by Gasteiger charge is -2.33. The Morgan fingerprint density at radius 3 is 2.69 bits per heavy atom. The number of aryl methyl sites for hydroxylation is 1. The molecule has 1 aliphatic heterocycles. The Morgan fingerprint density at radius 2 is 1.97 bits per heavy atom. The lowest BCUT2D eigenvalue weighted by Crippen LogP contribution is -2.40. The van der Waals surface area contributed by atoms with Crippen molar-refractivity contribution in [3.05, 3.63) is 36.0 Å². The van der Waals surface area contributed by atoms with Gasteiger partial charge >= 0.3 is 6.09 Å². The van der Waals surface area contributed by atoms with Gasteiger partial charge in [0.15, 0.2) is 5.65 Å². The molecule has 0 saturated carbocycles. The second kappa shape index (κ2) is 7.54. The number of carbonyl (C=O) groups excluding carboxylic acids is 1. The van der Waals surface area contributed by atoms with Crippen LogP contribution >= 0.6 is 0 Å². The van der Waals surface area contributed by atoms with Crippen LogP contribution in [-0.2, 0) is 4.74 Å². The molecule has 29 heavy (non-hydrogen) atoms. The highest BCUT2D eigenvalue weighted by atomic mass is 16.6. The maximum Gasteiger partial charge on any atom is 0.407 e. The zero-order valence-corrected chi connectivity index (χ0v) is 17.6. The van der Waals surface area contributed by atoms with Crippen LogP contribution < -0.4 is 10.2 Å². The van der Waals surface area contributed by atoms with Crippen molar-refractivity contribution < 1.29 is 9.53 Å². The molecule has 1 amide bonds. The summed E-state index contributed by atoms with van der Waals surface area (Å²) in [5.41, 5.74) is 2.45. The Bertz CT molecular complexity index is 1030. The van der Waals surface area contributed by atoms with E-state index < -0.39 is 5.60 Å². The summed E-state index contributed by atoms with van der Waals surface area (Å²) in [6, 6.07) is 10.3. The van der Waals surface area contributed by atoms with E-state index in [1.165, 1.54) is 0 Å². The van der Waals surface area contributed by atoms with Crippen LogP contribution in [-0.4, -0.2) is 45.9 Å². The molecule has 0 bridgehead atoms. The van der Waals surface area contributed by atoms with Crippen LogP contribution in [0.4, 0.5) is 10.6 Å². The molecule has 1 saturated heterocycles. The lowest BCUT2D eigenvalue weighted by atomic mass is 9.96. The van der Waals surface area contributed by atoms with E-state index in [4.69, 9.17) is 9.72 Å². The number of alkyl carbamates (subject to hydrolysis) is 1. The highest BCUT2D eigenvalue weighted by Gasteiger charge is 2.24. The molecular formula is C22H29N5O2. The molecule has 1 N–H and O–H groups in total. The predicted molar refractivity (Wildman–Crippen MR) is 114 cm³/mol. The quantitative estimate of drug-likeness (QED) is 0.727. The molecule has 154 valence electrons.